The van der Waals surface area contributed by atoms with Crippen molar-refractivity contribution >= 4 is 12.0 Å². The number of nitrogens with two attached hydrogens (primary N) is 1. The minimum atomic E-state index is 0.629. The van der Waals surface area contributed by atoms with E-state index in [0.29, 0.717) is 22.7 Å². The molecule has 0 heterocycles. The zero-order chi connectivity index (χ0) is 13.4. The molecule has 0 bridgehead atoms. The molecule has 0 radical (unpaired) electrons. The number of carbonyl (C=O) groups is 1. The fraction of sp³-hybridized carbons (Fsp3) is 0.133. The van der Waals surface area contributed by atoms with Crippen LogP contribution in [0.3, 0.4) is 0 Å². The third-order valence-electron chi connectivity index (χ3n) is 2.13. The van der Waals surface area contributed by atoms with Crippen LogP contribution in [0.1, 0.15) is 24.2 Å². The van der Waals surface area contributed by atoms with Crippen LogP contribution < -0.4 is 10.5 Å². The normalized spacial score (nSPS) is 9.00. The number of hydrogen-bond donors (Lipinski definition) is 1. The molecular weight excluding hydrogens is 226 g/mol. The van der Waals surface area contributed by atoms with E-state index < -0.39 is 0 Å². The molecule has 0 spiro atoms. The van der Waals surface area contributed by atoms with Gasteiger partial charge < -0.3 is 10.5 Å². The lowest BCUT2D eigenvalue weighted by Gasteiger charge is -2.05. The van der Waals surface area contributed by atoms with Gasteiger partial charge in [-0.05, 0) is 48.5 Å². The molecule has 2 rings (SSSR count). The minimum absolute atomic E-state index is 0.629. The van der Waals surface area contributed by atoms with Crippen molar-refractivity contribution in [1.82, 2.24) is 0 Å². The molecule has 0 saturated heterocycles. The van der Waals surface area contributed by atoms with Crippen LogP contribution in [0.25, 0.3) is 0 Å². The van der Waals surface area contributed by atoms with Crippen LogP contribution in [0.5, 0.6) is 11.5 Å². The Bertz CT molecular complexity index is 475. The average molecular weight is 243 g/mol. The van der Waals surface area contributed by atoms with Gasteiger partial charge in [0.05, 0.1) is 0 Å². The van der Waals surface area contributed by atoms with Crippen LogP contribution in [-0.2, 0) is 0 Å². The van der Waals surface area contributed by atoms with E-state index in [1.165, 1.54) is 0 Å². The predicted octanol–water partition coefficient (Wildman–Crippen LogP) is 3.90. The molecule has 0 atom stereocenters. The molecule has 0 saturated carbocycles. The van der Waals surface area contributed by atoms with Crippen LogP contribution in [0.15, 0.2) is 48.5 Å². The lowest BCUT2D eigenvalue weighted by molar-refractivity contribution is 0.112. The summed E-state index contributed by atoms with van der Waals surface area (Å²) in [5.74, 6) is 1.41. The maximum absolute atomic E-state index is 10.5. The van der Waals surface area contributed by atoms with Gasteiger partial charge in [-0.2, -0.15) is 0 Å². The first-order valence-corrected chi connectivity index (χ1v) is 5.86. The standard InChI is InChI=1S/C13H11NO2.C2H6/c14-11-3-7-13(8-4-11)16-12-5-1-10(9-15)2-6-12;1-2/h1-9H,14H2;1-2H3. The van der Waals surface area contributed by atoms with Gasteiger partial charge >= 0.3 is 0 Å². The van der Waals surface area contributed by atoms with Crippen molar-refractivity contribution in [3.63, 3.8) is 0 Å². The summed E-state index contributed by atoms with van der Waals surface area (Å²) < 4.78 is 5.56. The van der Waals surface area contributed by atoms with Crippen LogP contribution >= 0.6 is 0 Å². The number of benzene rings is 2. The third kappa shape index (κ3) is 3.94. The molecule has 0 aromatic heterocycles. The first-order chi connectivity index (χ1) is 8.78. The van der Waals surface area contributed by atoms with Crippen molar-refractivity contribution in [1.29, 1.82) is 0 Å². The summed E-state index contributed by atoms with van der Waals surface area (Å²) in [7, 11) is 0. The highest BCUT2D eigenvalue weighted by Crippen LogP contribution is 2.22. The Morgan fingerprint density at radius 3 is 1.78 bits per heavy atom. The van der Waals surface area contributed by atoms with Crippen molar-refractivity contribution in [3.8, 4) is 11.5 Å². The first-order valence-electron chi connectivity index (χ1n) is 5.86. The smallest absolute Gasteiger partial charge is 0.150 e. The van der Waals surface area contributed by atoms with Crippen molar-refractivity contribution < 1.29 is 9.53 Å². The largest absolute Gasteiger partial charge is 0.457 e. The fourth-order valence-electron chi connectivity index (χ4n) is 1.29. The Morgan fingerprint density at radius 2 is 1.33 bits per heavy atom. The van der Waals surface area contributed by atoms with Gasteiger partial charge in [0.25, 0.3) is 0 Å². The van der Waals surface area contributed by atoms with Crippen molar-refractivity contribution in [3.05, 3.63) is 54.1 Å². The number of nitrogen functional groups attached to an aromatic ring is 1. The number of anilines is 1. The molecule has 2 aromatic rings. The van der Waals surface area contributed by atoms with Gasteiger partial charge in [-0.25, -0.2) is 0 Å². The molecular formula is C15H17NO2. The Balaban J connectivity index is 0.000000771. The monoisotopic (exact) mass is 243 g/mol. The van der Waals surface area contributed by atoms with Crippen LogP contribution in [0.4, 0.5) is 5.69 Å². The van der Waals surface area contributed by atoms with E-state index in [0.717, 1.165) is 6.29 Å². The summed E-state index contributed by atoms with van der Waals surface area (Å²) in [6.45, 7) is 4.00. The molecule has 0 amide bonds. The van der Waals surface area contributed by atoms with Crippen molar-refractivity contribution in [2.45, 2.75) is 13.8 Å². The van der Waals surface area contributed by atoms with Gasteiger partial charge in [0.1, 0.15) is 17.8 Å². The van der Waals surface area contributed by atoms with Gasteiger partial charge in [0.15, 0.2) is 0 Å². The lowest BCUT2D eigenvalue weighted by Crippen LogP contribution is -1.87. The Hall–Kier alpha value is -2.29. The molecule has 2 aromatic carbocycles. The van der Waals surface area contributed by atoms with Gasteiger partial charge in [-0.1, -0.05) is 13.8 Å². The molecule has 0 fully saturated rings. The van der Waals surface area contributed by atoms with E-state index in [1.54, 1.807) is 48.5 Å². The highest BCUT2D eigenvalue weighted by Gasteiger charge is 1.97. The molecule has 0 unspecified atom stereocenters. The topological polar surface area (TPSA) is 52.3 Å². The zero-order valence-corrected chi connectivity index (χ0v) is 10.6. The summed E-state index contributed by atoms with van der Waals surface area (Å²) in [6, 6.07) is 14.1. The van der Waals surface area contributed by atoms with E-state index in [4.69, 9.17) is 10.5 Å². The number of carbonyl (C=O) groups excluding carboxylic acids is 1. The second kappa shape index (κ2) is 7.12. The van der Waals surface area contributed by atoms with Gasteiger partial charge in [-0.15, -0.1) is 0 Å². The third-order valence-corrected chi connectivity index (χ3v) is 2.13. The Labute approximate surface area is 107 Å². The predicted molar refractivity (Wildman–Crippen MR) is 74.1 cm³/mol. The molecule has 3 heteroatoms. The second-order valence-electron chi connectivity index (χ2n) is 3.36. The van der Waals surface area contributed by atoms with Gasteiger partial charge in [0, 0.05) is 11.3 Å². The molecule has 0 aliphatic carbocycles. The van der Waals surface area contributed by atoms with E-state index in [-0.39, 0.29) is 0 Å². The molecule has 18 heavy (non-hydrogen) atoms. The number of hydrogen-bond acceptors (Lipinski definition) is 3. The summed E-state index contributed by atoms with van der Waals surface area (Å²) in [5, 5.41) is 0. The molecule has 94 valence electrons. The lowest BCUT2D eigenvalue weighted by atomic mass is 10.2. The van der Waals surface area contributed by atoms with E-state index in [2.05, 4.69) is 0 Å². The SMILES string of the molecule is CC.Nc1ccc(Oc2ccc(C=O)cc2)cc1. The maximum atomic E-state index is 10.5. The zero-order valence-electron chi connectivity index (χ0n) is 10.6. The maximum Gasteiger partial charge on any atom is 0.150 e. The van der Waals surface area contributed by atoms with Crippen LogP contribution in [0.2, 0.25) is 0 Å². The summed E-state index contributed by atoms with van der Waals surface area (Å²) >= 11 is 0. The summed E-state index contributed by atoms with van der Waals surface area (Å²) in [6.07, 6.45) is 0.799. The Kier molecular flexibility index (Phi) is 5.45. The van der Waals surface area contributed by atoms with Crippen molar-refractivity contribution in [2.24, 2.45) is 0 Å². The molecule has 2 N–H and O–H groups in total. The molecule has 3 nitrogen and oxygen atoms in total. The van der Waals surface area contributed by atoms with E-state index in [9.17, 15) is 4.79 Å². The first kappa shape index (κ1) is 13.8. The number of rotatable bonds is 3. The summed E-state index contributed by atoms with van der Waals surface area (Å²) in [5.41, 5.74) is 6.89. The fourth-order valence-corrected chi connectivity index (χ4v) is 1.29. The van der Waals surface area contributed by atoms with Crippen LogP contribution in [0, 0.1) is 0 Å². The molecule has 0 aliphatic rings. The highest BCUT2D eigenvalue weighted by atomic mass is 16.5. The Morgan fingerprint density at radius 1 is 0.889 bits per heavy atom. The van der Waals surface area contributed by atoms with Gasteiger partial charge in [-0.3, -0.25) is 4.79 Å². The van der Waals surface area contributed by atoms with E-state index >= 15 is 0 Å². The van der Waals surface area contributed by atoms with E-state index in [1.807, 2.05) is 13.8 Å². The quantitative estimate of drug-likeness (QED) is 0.657. The van der Waals surface area contributed by atoms with Crippen LogP contribution in [-0.4, -0.2) is 6.29 Å². The van der Waals surface area contributed by atoms with Crippen molar-refractivity contribution in [2.75, 3.05) is 5.73 Å². The average Bonchev–Trinajstić information content (AvgIpc) is 2.44. The highest BCUT2D eigenvalue weighted by molar-refractivity contribution is 5.74. The van der Waals surface area contributed by atoms with Gasteiger partial charge in [0.2, 0.25) is 0 Å². The number of ether oxygens (including phenoxy) is 1. The second-order valence-corrected chi connectivity index (χ2v) is 3.36. The minimum Gasteiger partial charge on any atom is -0.457 e. The number of aldehydes is 1. The molecule has 0 aliphatic heterocycles. The summed E-state index contributed by atoms with van der Waals surface area (Å²) in [4.78, 5) is 10.5.